The van der Waals surface area contributed by atoms with Crippen molar-refractivity contribution < 1.29 is 4.79 Å². The van der Waals surface area contributed by atoms with Crippen LogP contribution in [0.2, 0.25) is 0 Å². The zero-order chi connectivity index (χ0) is 9.14. The van der Waals surface area contributed by atoms with Crippen molar-refractivity contribution >= 4 is 5.91 Å². The van der Waals surface area contributed by atoms with Gasteiger partial charge in [0.15, 0.2) is 0 Å². The van der Waals surface area contributed by atoms with Crippen LogP contribution in [0.5, 0.6) is 0 Å². The Morgan fingerprint density at radius 3 is 2.75 bits per heavy atom. The van der Waals surface area contributed by atoms with Crippen molar-refractivity contribution in [1.82, 2.24) is 15.1 Å². The van der Waals surface area contributed by atoms with Gasteiger partial charge in [0.2, 0.25) is 5.91 Å². The third-order valence-electron chi connectivity index (χ3n) is 2.04. The maximum atomic E-state index is 11.2. The zero-order valence-corrected chi connectivity index (χ0v) is 8.00. The smallest absolute Gasteiger partial charge is 0.237 e. The van der Waals surface area contributed by atoms with Crippen LogP contribution in [0.15, 0.2) is 0 Å². The van der Waals surface area contributed by atoms with Gasteiger partial charge in [-0.3, -0.25) is 10.1 Å². The van der Waals surface area contributed by atoms with E-state index >= 15 is 0 Å². The molecule has 1 aliphatic heterocycles. The van der Waals surface area contributed by atoms with Crippen LogP contribution in [0.3, 0.4) is 0 Å². The van der Waals surface area contributed by atoms with Crippen molar-refractivity contribution in [3.63, 3.8) is 0 Å². The molecule has 0 aromatic carbocycles. The van der Waals surface area contributed by atoms with Gasteiger partial charge in [0.1, 0.15) is 0 Å². The first-order valence-corrected chi connectivity index (χ1v) is 4.26. The molecule has 1 rings (SSSR count). The highest BCUT2D eigenvalue weighted by Crippen LogP contribution is 2.03. The topological polar surface area (TPSA) is 35.6 Å². The summed E-state index contributed by atoms with van der Waals surface area (Å²) in [7, 11) is 4.04. The minimum atomic E-state index is 0.212. The summed E-state index contributed by atoms with van der Waals surface area (Å²) in [4.78, 5) is 15.2. The van der Waals surface area contributed by atoms with Crippen molar-refractivity contribution in [2.75, 3.05) is 33.9 Å². The molecule has 1 amide bonds. The Kier molecular flexibility index (Phi) is 3.05. The molecular formula is C8H17N3O. The van der Waals surface area contributed by atoms with Gasteiger partial charge in [-0.25, -0.2) is 0 Å². The molecule has 0 saturated carbocycles. The Hall–Kier alpha value is -0.610. The fourth-order valence-electron chi connectivity index (χ4n) is 1.50. The number of nitrogens with one attached hydrogen (secondary N) is 1. The lowest BCUT2D eigenvalue weighted by atomic mass is 10.3. The number of carbonyl (C=O) groups is 1. The van der Waals surface area contributed by atoms with E-state index in [4.69, 9.17) is 0 Å². The molecule has 0 spiro atoms. The number of likely N-dealkylation sites (N-methyl/N-ethyl adjacent to an activating group) is 1. The summed E-state index contributed by atoms with van der Waals surface area (Å²) in [6.07, 6.45) is 0. The van der Waals surface area contributed by atoms with Gasteiger partial charge in [-0.15, -0.1) is 0 Å². The van der Waals surface area contributed by atoms with Gasteiger partial charge in [0.25, 0.3) is 0 Å². The minimum absolute atomic E-state index is 0.212. The van der Waals surface area contributed by atoms with E-state index in [1.54, 1.807) is 0 Å². The molecule has 70 valence electrons. The van der Waals surface area contributed by atoms with E-state index in [1.165, 1.54) is 0 Å². The molecule has 4 nitrogen and oxygen atoms in total. The number of hydrogen-bond donors (Lipinski definition) is 1. The summed E-state index contributed by atoms with van der Waals surface area (Å²) < 4.78 is 0. The second-order valence-electron chi connectivity index (χ2n) is 3.56. The standard InChI is InChI=1S/C8H17N3O/c1-7(5-10(2)3)11-6-9-4-8(11)12/h7,9H,4-6H2,1-3H3. The lowest BCUT2D eigenvalue weighted by Gasteiger charge is -2.26. The fraction of sp³-hybridized carbons (Fsp3) is 0.875. The fourth-order valence-corrected chi connectivity index (χ4v) is 1.50. The van der Waals surface area contributed by atoms with E-state index in [1.807, 2.05) is 19.0 Å². The summed E-state index contributed by atoms with van der Waals surface area (Å²) in [5.41, 5.74) is 0. The van der Waals surface area contributed by atoms with E-state index in [0.29, 0.717) is 19.3 Å². The van der Waals surface area contributed by atoms with E-state index < -0.39 is 0 Å². The largest absolute Gasteiger partial charge is 0.325 e. The Morgan fingerprint density at radius 1 is 1.67 bits per heavy atom. The maximum Gasteiger partial charge on any atom is 0.237 e. The number of hydrogen-bond acceptors (Lipinski definition) is 3. The van der Waals surface area contributed by atoms with Crippen molar-refractivity contribution in [3.05, 3.63) is 0 Å². The SMILES string of the molecule is CC(CN(C)C)N1CNCC1=O. The van der Waals surface area contributed by atoms with E-state index in [2.05, 4.69) is 17.1 Å². The zero-order valence-electron chi connectivity index (χ0n) is 8.00. The average molecular weight is 171 g/mol. The molecule has 0 aliphatic carbocycles. The van der Waals surface area contributed by atoms with Crippen LogP contribution >= 0.6 is 0 Å². The van der Waals surface area contributed by atoms with Gasteiger partial charge in [-0.05, 0) is 21.0 Å². The monoisotopic (exact) mass is 171 g/mol. The molecule has 1 aliphatic rings. The molecule has 0 radical (unpaired) electrons. The van der Waals surface area contributed by atoms with Crippen molar-refractivity contribution in [1.29, 1.82) is 0 Å². The van der Waals surface area contributed by atoms with Crippen molar-refractivity contribution in [2.45, 2.75) is 13.0 Å². The van der Waals surface area contributed by atoms with E-state index in [0.717, 1.165) is 6.54 Å². The summed E-state index contributed by atoms with van der Waals surface area (Å²) in [6, 6.07) is 0.308. The van der Waals surface area contributed by atoms with Crippen molar-refractivity contribution in [3.8, 4) is 0 Å². The quantitative estimate of drug-likeness (QED) is 0.611. The predicted molar refractivity (Wildman–Crippen MR) is 47.7 cm³/mol. The van der Waals surface area contributed by atoms with E-state index in [9.17, 15) is 4.79 Å². The Labute approximate surface area is 73.5 Å². The molecule has 1 heterocycles. The molecule has 4 heteroatoms. The summed E-state index contributed by atoms with van der Waals surface area (Å²) in [5, 5.41) is 3.03. The second kappa shape index (κ2) is 3.87. The summed E-state index contributed by atoms with van der Waals surface area (Å²) >= 11 is 0. The predicted octanol–water partition coefficient (Wildman–Crippen LogP) is -0.674. The molecule has 12 heavy (non-hydrogen) atoms. The first-order valence-electron chi connectivity index (χ1n) is 4.26. The molecule has 0 aromatic rings. The molecule has 1 fully saturated rings. The van der Waals surface area contributed by atoms with Gasteiger partial charge in [0.05, 0.1) is 13.2 Å². The molecule has 1 unspecified atom stereocenters. The van der Waals surface area contributed by atoms with Crippen LogP contribution in [0.4, 0.5) is 0 Å². The van der Waals surface area contributed by atoms with Gasteiger partial charge < -0.3 is 9.80 Å². The minimum Gasteiger partial charge on any atom is -0.325 e. The van der Waals surface area contributed by atoms with Gasteiger partial charge in [0, 0.05) is 12.6 Å². The normalized spacial score (nSPS) is 20.7. The molecule has 1 saturated heterocycles. The van der Waals surface area contributed by atoms with Gasteiger partial charge in [-0.2, -0.15) is 0 Å². The highest BCUT2D eigenvalue weighted by atomic mass is 16.2. The Morgan fingerprint density at radius 2 is 2.33 bits per heavy atom. The molecule has 0 bridgehead atoms. The highest BCUT2D eigenvalue weighted by molar-refractivity contribution is 5.80. The molecular weight excluding hydrogens is 154 g/mol. The van der Waals surface area contributed by atoms with Gasteiger partial charge >= 0.3 is 0 Å². The van der Waals surface area contributed by atoms with Crippen LogP contribution in [0.25, 0.3) is 0 Å². The Balaban J connectivity index is 2.40. The first kappa shape index (κ1) is 9.48. The van der Waals surface area contributed by atoms with Crippen molar-refractivity contribution in [2.24, 2.45) is 0 Å². The number of carbonyl (C=O) groups excluding carboxylic acids is 1. The van der Waals surface area contributed by atoms with Crippen LogP contribution in [-0.2, 0) is 4.79 Å². The number of amides is 1. The lowest BCUT2D eigenvalue weighted by Crippen LogP contribution is -2.41. The van der Waals surface area contributed by atoms with Crippen LogP contribution in [0, 0.1) is 0 Å². The second-order valence-corrected chi connectivity index (χ2v) is 3.56. The average Bonchev–Trinajstić information content (AvgIpc) is 2.33. The maximum absolute atomic E-state index is 11.2. The van der Waals surface area contributed by atoms with Crippen LogP contribution < -0.4 is 5.32 Å². The summed E-state index contributed by atoms with van der Waals surface area (Å²) in [6.45, 7) is 4.20. The third kappa shape index (κ3) is 2.19. The number of rotatable bonds is 3. The van der Waals surface area contributed by atoms with E-state index in [-0.39, 0.29) is 5.91 Å². The van der Waals surface area contributed by atoms with Crippen LogP contribution in [-0.4, -0.2) is 55.6 Å². The number of nitrogens with zero attached hydrogens (tertiary/aromatic N) is 2. The van der Waals surface area contributed by atoms with Crippen LogP contribution in [0.1, 0.15) is 6.92 Å². The third-order valence-corrected chi connectivity index (χ3v) is 2.04. The lowest BCUT2D eigenvalue weighted by molar-refractivity contribution is -0.128. The Bertz CT molecular complexity index is 170. The highest BCUT2D eigenvalue weighted by Gasteiger charge is 2.24. The van der Waals surface area contributed by atoms with Gasteiger partial charge in [-0.1, -0.05) is 0 Å². The molecule has 0 aromatic heterocycles. The first-order chi connectivity index (χ1) is 5.61. The summed E-state index contributed by atoms with van der Waals surface area (Å²) in [5.74, 6) is 0.212. The molecule has 1 N–H and O–H groups in total. The molecule has 1 atom stereocenters.